The van der Waals surface area contributed by atoms with E-state index < -0.39 is 5.91 Å². The standard InChI is InChI=1S/C23H19N3O2/c24-16-18-11-13-20(14-12-18)25-22(27)15-23(28)26(21-9-5-2-6-10-21)17-19-7-3-1-4-8-19/h1-14H,15,17H2,(H,25,27). The summed E-state index contributed by atoms with van der Waals surface area (Å²) in [6, 6.07) is 27.5. The second-order valence-electron chi connectivity index (χ2n) is 6.22. The molecule has 3 aromatic carbocycles. The lowest BCUT2D eigenvalue weighted by molar-refractivity contribution is -0.125. The fourth-order valence-electron chi connectivity index (χ4n) is 2.76. The molecule has 0 saturated heterocycles. The van der Waals surface area contributed by atoms with Crippen LogP contribution in [0.15, 0.2) is 84.9 Å². The Kier molecular flexibility index (Phi) is 6.17. The fourth-order valence-corrected chi connectivity index (χ4v) is 2.76. The number of amides is 2. The second-order valence-corrected chi connectivity index (χ2v) is 6.22. The lowest BCUT2D eigenvalue weighted by Gasteiger charge is -2.23. The highest BCUT2D eigenvalue weighted by atomic mass is 16.2. The lowest BCUT2D eigenvalue weighted by Crippen LogP contribution is -2.33. The van der Waals surface area contributed by atoms with Gasteiger partial charge in [0.25, 0.3) is 0 Å². The summed E-state index contributed by atoms with van der Waals surface area (Å²) in [7, 11) is 0. The Balaban J connectivity index is 1.71. The van der Waals surface area contributed by atoms with E-state index in [1.807, 2.05) is 66.7 Å². The number of hydrogen-bond acceptors (Lipinski definition) is 3. The maximum Gasteiger partial charge on any atom is 0.236 e. The topological polar surface area (TPSA) is 73.2 Å². The number of para-hydroxylation sites is 1. The number of anilines is 2. The first-order chi connectivity index (χ1) is 13.7. The summed E-state index contributed by atoms with van der Waals surface area (Å²) in [6.07, 6.45) is -0.276. The van der Waals surface area contributed by atoms with E-state index >= 15 is 0 Å². The Hall–Kier alpha value is -3.91. The summed E-state index contributed by atoms with van der Waals surface area (Å²) in [6.45, 7) is 0.383. The van der Waals surface area contributed by atoms with Crippen molar-refractivity contribution >= 4 is 23.2 Å². The van der Waals surface area contributed by atoms with Gasteiger partial charge >= 0.3 is 0 Å². The summed E-state index contributed by atoms with van der Waals surface area (Å²) in [5.74, 6) is -0.690. The molecule has 0 fully saturated rings. The molecule has 0 aliphatic carbocycles. The summed E-state index contributed by atoms with van der Waals surface area (Å²) in [4.78, 5) is 26.8. The van der Waals surface area contributed by atoms with E-state index in [1.54, 1.807) is 29.2 Å². The molecule has 3 rings (SSSR count). The monoisotopic (exact) mass is 369 g/mol. The number of nitriles is 1. The summed E-state index contributed by atoms with van der Waals surface area (Å²) >= 11 is 0. The number of carbonyl (C=O) groups excluding carboxylic acids is 2. The largest absolute Gasteiger partial charge is 0.326 e. The summed E-state index contributed by atoms with van der Waals surface area (Å²) < 4.78 is 0. The molecule has 0 atom stereocenters. The molecular formula is C23H19N3O2. The quantitative estimate of drug-likeness (QED) is 0.664. The second kappa shape index (κ2) is 9.15. The highest BCUT2D eigenvalue weighted by molar-refractivity contribution is 6.09. The minimum Gasteiger partial charge on any atom is -0.326 e. The maximum absolute atomic E-state index is 12.9. The van der Waals surface area contributed by atoms with E-state index in [9.17, 15) is 9.59 Å². The van der Waals surface area contributed by atoms with E-state index in [-0.39, 0.29) is 12.3 Å². The Morgan fingerprint density at radius 1 is 0.857 bits per heavy atom. The first kappa shape index (κ1) is 18.9. The average molecular weight is 369 g/mol. The van der Waals surface area contributed by atoms with Crippen molar-refractivity contribution < 1.29 is 9.59 Å². The molecule has 2 amide bonds. The van der Waals surface area contributed by atoms with Gasteiger partial charge in [-0.15, -0.1) is 0 Å². The SMILES string of the molecule is N#Cc1ccc(NC(=O)CC(=O)N(Cc2ccccc2)c2ccccc2)cc1. The number of benzene rings is 3. The number of hydrogen-bond donors (Lipinski definition) is 1. The van der Waals surface area contributed by atoms with Gasteiger partial charge in [0.1, 0.15) is 6.42 Å². The zero-order valence-corrected chi connectivity index (χ0v) is 15.2. The normalized spacial score (nSPS) is 9.96. The summed E-state index contributed by atoms with van der Waals surface area (Å²) in [5.41, 5.74) is 2.77. The Bertz CT molecular complexity index is 978. The minimum absolute atomic E-state index is 0.276. The van der Waals surface area contributed by atoms with Crippen molar-refractivity contribution in [1.29, 1.82) is 5.26 Å². The van der Waals surface area contributed by atoms with Crippen LogP contribution in [0.5, 0.6) is 0 Å². The molecule has 0 spiro atoms. The van der Waals surface area contributed by atoms with Gasteiger partial charge in [0.15, 0.2) is 0 Å². The Labute approximate surface area is 163 Å². The van der Waals surface area contributed by atoms with E-state index in [1.165, 1.54) is 0 Å². The molecule has 1 N–H and O–H groups in total. The molecule has 138 valence electrons. The van der Waals surface area contributed by atoms with Crippen molar-refractivity contribution in [2.45, 2.75) is 13.0 Å². The van der Waals surface area contributed by atoms with E-state index in [2.05, 4.69) is 5.32 Å². The zero-order chi connectivity index (χ0) is 19.8. The van der Waals surface area contributed by atoms with Crippen LogP contribution in [-0.2, 0) is 16.1 Å². The molecule has 0 aliphatic heterocycles. The highest BCUT2D eigenvalue weighted by Gasteiger charge is 2.19. The maximum atomic E-state index is 12.9. The number of rotatable bonds is 6. The Morgan fingerprint density at radius 2 is 1.46 bits per heavy atom. The van der Waals surface area contributed by atoms with Gasteiger partial charge in [-0.05, 0) is 42.0 Å². The molecular weight excluding hydrogens is 350 g/mol. The molecule has 0 aromatic heterocycles. The highest BCUT2D eigenvalue weighted by Crippen LogP contribution is 2.18. The van der Waals surface area contributed by atoms with Crippen LogP contribution in [0.3, 0.4) is 0 Å². The van der Waals surface area contributed by atoms with Gasteiger partial charge in [-0.25, -0.2) is 0 Å². The van der Waals surface area contributed by atoms with E-state index in [4.69, 9.17) is 5.26 Å². The zero-order valence-electron chi connectivity index (χ0n) is 15.2. The van der Waals surface area contributed by atoms with Gasteiger partial charge in [0.2, 0.25) is 11.8 Å². The third kappa shape index (κ3) is 5.05. The first-order valence-electron chi connectivity index (χ1n) is 8.85. The molecule has 0 saturated carbocycles. The number of carbonyl (C=O) groups is 2. The van der Waals surface area contributed by atoms with Crippen molar-refractivity contribution in [2.75, 3.05) is 10.2 Å². The van der Waals surface area contributed by atoms with Gasteiger partial charge in [-0.2, -0.15) is 5.26 Å². The lowest BCUT2D eigenvalue weighted by atomic mass is 10.1. The van der Waals surface area contributed by atoms with Gasteiger partial charge in [0, 0.05) is 11.4 Å². The molecule has 0 bridgehead atoms. The molecule has 28 heavy (non-hydrogen) atoms. The molecule has 5 heteroatoms. The van der Waals surface area contributed by atoms with Crippen molar-refractivity contribution in [2.24, 2.45) is 0 Å². The molecule has 0 radical (unpaired) electrons. The smallest absolute Gasteiger partial charge is 0.236 e. The van der Waals surface area contributed by atoms with Crippen LogP contribution in [0.25, 0.3) is 0 Å². The number of nitrogens with one attached hydrogen (secondary N) is 1. The van der Waals surface area contributed by atoms with Crippen LogP contribution in [0.1, 0.15) is 17.5 Å². The van der Waals surface area contributed by atoms with Crippen LogP contribution >= 0.6 is 0 Å². The third-order valence-corrected chi connectivity index (χ3v) is 4.16. The number of nitrogens with zero attached hydrogens (tertiary/aromatic N) is 2. The average Bonchev–Trinajstić information content (AvgIpc) is 2.74. The summed E-state index contributed by atoms with van der Waals surface area (Å²) in [5, 5.41) is 11.5. The van der Waals surface area contributed by atoms with Gasteiger partial charge in [-0.3, -0.25) is 9.59 Å². The molecule has 5 nitrogen and oxygen atoms in total. The van der Waals surface area contributed by atoms with E-state index in [0.29, 0.717) is 17.8 Å². The van der Waals surface area contributed by atoms with Crippen LogP contribution in [0.2, 0.25) is 0 Å². The molecule has 0 heterocycles. The Morgan fingerprint density at radius 3 is 2.07 bits per heavy atom. The predicted octanol–water partition coefficient (Wildman–Crippen LogP) is 4.12. The minimum atomic E-state index is -0.399. The third-order valence-electron chi connectivity index (χ3n) is 4.16. The molecule has 0 unspecified atom stereocenters. The predicted molar refractivity (Wildman–Crippen MR) is 108 cm³/mol. The molecule has 3 aromatic rings. The van der Waals surface area contributed by atoms with Gasteiger partial charge < -0.3 is 10.2 Å². The van der Waals surface area contributed by atoms with Crippen LogP contribution < -0.4 is 10.2 Å². The first-order valence-corrected chi connectivity index (χ1v) is 8.85. The van der Waals surface area contributed by atoms with Crippen LogP contribution in [0, 0.1) is 11.3 Å². The van der Waals surface area contributed by atoms with Crippen molar-refractivity contribution in [3.05, 3.63) is 96.1 Å². The van der Waals surface area contributed by atoms with E-state index in [0.717, 1.165) is 11.3 Å². The van der Waals surface area contributed by atoms with Crippen LogP contribution in [0.4, 0.5) is 11.4 Å². The van der Waals surface area contributed by atoms with Crippen LogP contribution in [-0.4, -0.2) is 11.8 Å². The van der Waals surface area contributed by atoms with Crippen molar-refractivity contribution in [1.82, 2.24) is 0 Å². The van der Waals surface area contributed by atoms with Crippen molar-refractivity contribution in [3.63, 3.8) is 0 Å². The molecule has 0 aliphatic rings. The van der Waals surface area contributed by atoms with Crippen molar-refractivity contribution in [3.8, 4) is 6.07 Å². The van der Waals surface area contributed by atoms with Gasteiger partial charge in [0.05, 0.1) is 18.2 Å². The van der Waals surface area contributed by atoms with Gasteiger partial charge in [-0.1, -0.05) is 48.5 Å². The fraction of sp³-hybridized carbons (Fsp3) is 0.0870.